The number of hydrogen-bond donors (Lipinski definition) is 1. The number of rotatable bonds is 6. The van der Waals surface area contributed by atoms with Gasteiger partial charge in [-0.1, -0.05) is 6.07 Å². The highest BCUT2D eigenvalue weighted by molar-refractivity contribution is 7.90. The Morgan fingerprint density at radius 3 is 2.77 bits per heavy atom. The van der Waals surface area contributed by atoms with Crippen molar-refractivity contribution >= 4 is 21.7 Å². The molecule has 120 valence electrons. The molecule has 0 aromatic heterocycles. The summed E-state index contributed by atoms with van der Waals surface area (Å²) in [5.74, 6) is -0.134. The van der Waals surface area contributed by atoms with E-state index in [0.29, 0.717) is 31.5 Å². The molecule has 1 fully saturated rings. The molecule has 1 heterocycles. The molecule has 1 aromatic carbocycles. The van der Waals surface area contributed by atoms with E-state index in [1.54, 1.807) is 17.0 Å². The first kappa shape index (κ1) is 16.5. The summed E-state index contributed by atoms with van der Waals surface area (Å²) in [5, 5.41) is 2.74. The molecule has 2 amide bonds. The number of nitrogens with zero attached hydrogens (tertiary/aromatic N) is 1. The predicted molar refractivity (Wildman–Crippen MR) is 82.3 cm³/mol. The Bertz CT molecular complexity index is 670. The molecule has 0 aliphatic carbocycles. The fourth-order valence-corrected chi connectivity index (χ4v) is 3.05. The number of sulfone groups is 1. The minimum Gasteiger partial charge on any atom is -0.352 e. The van der Waals surface area contributed by atoms with Crippen LogP contribution in [0.1, 0.15) is 29.6 Å². The molecule has 0 atom stereocenters. The summed E-state index contributed by atoms with van der Waals surface area (Å²) in [4.78, 5) is 25.4. The highest BCUT2D eigenvalue weighted by Crippen LogP contribution is 2.12. The molecule has 2 rings (SSSR count). The normalized spacial score (nSPS) is 15.1. The lowest BCUT2D eigenvalue weighted by Gasteiger charge is -2.15. The molecular formula is C15H20N2O4S. The van der Waals surface area contributed by atoms with E-state index < -0.39 is 9.84 Å². The summed E-state index contributed by atoms with van der Waals surface area (Å²) in [7, 11) is -3.33. The van der Waals surface area contributed by atoms with Crippen molar-refractivity contribution in [3.05, 3.63) is 29.8 Å². The topological polar surface area (TPSA) is 83.6 Å². The van der Waals surface area contributed by atoms with Gasteiger partial charge in [0.05, 0.1) is 4.90 Å². The zero-order valence-corrected chi connectivity index (χ0v) is 13.4. The monoisotopic (exact) mass is 324 g/mol. The van der Waals surface area contributed by atoms with Gasteiger partial charge in [0, 0.05) is 37.9 Å². The van der Waals surface area contributed by atoms with Crippen LogP contribution in [0.5, 0.6) is 0 Å². The van der Waals surface area contributed by atoms with E-state index in [1.807, 2.05) is 0 Å². The quantitative estimate of drug-likeness (QED) is 0.786. The van der Waals surface area contributed by atoms with Crippen LogP contribution in [0.2, 0.25) is 0 Å². The van der Waals surface area contributed by atoms with E-state index in [4.69, 9.17) is 0 Å². The van der Waals surface area contributed by atoms with E-state index >= 15 is 0 Å². The van der Waals surface area contributed by atoms with E-state index in [0.717, 1.165) is 19.2 Å². The second-order valence-electron chi connectivity index (χ2n) is 5.39. The SMILES string of the molecule is CS(=O)(=O)c1cccc(C(=O)NCCCN2CCCC2=O)c1. The van der Waals surface area contributed by atoms with Gasteiger partial charge in [0.1, 0.15) is 0 Å². The van der Waals surface area contributed by atoms with Gasteiger partial charge < -0.3 is 10.2 Å². The highest BCUT2D eigenvalue weighted by atomic mass is 32.2. The Labute approximate surface area is 130 Å². The standard InChI is InChI=1S/C15H20N2O4S/c1-22(20,21)13-6-2-5-12(11-13)15(19)16-8-4-10-17-9-3-7-14(17)18/h2,5-6,11H,3-4,7-10H2,1H3,(H,16,19). The van der Waals surface area contributed by atoms with E-state index in [9.17, 15) is 18.0 Å². The van der Waals surface area contributed by atoms with Gasteiger partial charge in [0.15, 0.2) is 9.84 Å². The van der Waals surface area contributed by atoms with Crippen LogP contribution in [0, 0.1) is 0 Å². The summed E-state index contributed by atoms with van der Waals surface area (Å²) in [6.45, 7) is 1.89. The molecule has 0 spiro atoms. The third kappa shape index (κ3) is 4.30. The molecule has 22 heavy (non-hydrogen) atoms. The molecule has 1 saturated heterocycles. The minimum atomic E-state index is -3.33. The molecule has 1 aliphatic rings. The van der Waals surface area contributed by atoms with Crippen LogP contribution in [-0.2, 0) is 14.6 Å². The molecule has 1 aromatic rings. The van der Waals surface area contributed by atoms with Gasteiger partial charge in [-0.15, -0.1) is 0 Å². The Morgan fingerprint density at radius 1 is 1.36 bits per heavy atom. The summed E-state index contributed by atoms with van der Waals surface area (Å²) >= 11 is 0. The lowest BCUT2D eigenvalue weighted by Crippen LogP contribution is -2.30. The van der Waals surface area contributed by atoms with Crippen molar-refractivity contribution in [3.8, 4) is 0 Å². The van der Waals surface area contributed by atoms with Crippen LogP contribution in [0.15, 0.2) is 29.2 Å². The Balaban J connectivity index is 1.83. The van der Waals surface area contributed by atoms with Crippen LogP contribution < -0.4 is 5.32 Å². The van der Waals surface area contributed by atoms with Crippen molar-refractivity contribution in [2.75, 3.05) is 25.9 Å². The molecule has 1 aliphatic heterocycles. The summed E-state index contributed by atoms with van der Waals surface area (Å²) < 4.78 is 23.0. The van der Waals surface area contributed by atoms with Crippen molar-refractivity contribution in [1.82, 2.24) is 10.2 Å². The van der Waals surface area contributed by atoms with Crippen molar-refractivity contribution in [2.24, 2.45) is 0 Å². The fourth-order valence-electron chi connectivity index (χ4n) is 2.38. The third-order valence-electron chi connectivity index (χ3n) is 3.59. The number of hydrogen-bond acceptors (Lipinski definition) is 4. The first-order chi connectivity index (χ1) is 10.4. The summed E-state index contributed by atoms with van der Waals surface area (Å²) in [6, 6.07) is 5.96. The highest BCUT2D eigenvalue weighted by Gasteiger charge is 2.19. The summed E-state index contributed by atoms with van der Waals surface area (Å²) in [6.07, 6.45) is 3.31. The molecule has 6 nitrogen and oxygen atoms in total. The maximum atomic E-state index is 12.0. The first-order valence-electron chi connectivity index (χ1n) is 7.24. The van der Waals surface area contributed by atoms with Gasteiger partial charge in [-0.25, -0.2) is 8.42 Å². The maximum absolute atomic E-state index is 12.0. The number of benzene rings is 1. The largest absolute Gasteiger partial charge is 0.352 e. The van der Waals surface area contributed by atoms with E-state index in [1.165, 1.54) is 12.1 Å². The molecular weight excluding hydrogens is 304 g/mol. The zero-order valence-electron chi connectivity index (χ0n) is 12.5. The smallest absolute Gasteiger partial charge is 0.251 e. The van der Waals surface area contributed by atoms with Gasteiger partial charge in [-0.05, 0) is 31.0 Å². The van der Waals surface area contributed by atoms with E-state index in [2.05, 4.69) is 5.32 Å². The molecule has 0 unspecified atom stereocenters. The molecule has 1 N–H and O–H groups in total. The summed E-state index contributed by atoms with van der Waals surface area (Å²) in [5.41, 5.74) is 0.320. The fraction of sp³-hybridized carbons (Fsp3) is 0.467. The maximum Gasteiger partial charge on any atom is 0.251 e. The van der Waals surface area contributed by atoms with Gasteiger partial charge in [-0.3, -0.25) is 9.59 Å². The van der Waals surface area contributed by atoms with Crippen molar-refractivity contribution in [1.29, 1.82) is 0 Å². The predicted octanol–water partition coefficient (Wildman–Crippen LogP) is 0.832. The van der Waals surface area contributed by atoms with Crippen LogP contribution in [0.25, 0.3) is 0 Å². The second kappa shape index (κ2) is 6.91. The Hall–Kier alpha value is -1.89. The van der Waals surface area contributed by atoms with Crippen LogP contribution >= 0.6 is 0 Å². The number of carbonyl (C=O) groups is 2. The lowest BCUT2D eigenvalue weighted by atomic mass is 10.2. The van der Waals surface area contributed by atoms with Crippen LogP contribution in [-0.4, -0.2) is 51.0 Å². The number of likely N-dealkylation sites (tertiary alicyclic amines) is 1. The zero-order chi connectivity index (χ0) is 16.2. The Morgan fingerprint density at radius 2 is 2.14 bits per heavy atom. The van der Waals surface area contributed by atoms with Gasteiger partial charge in [0.2, 0.25) is 5.91 Å². The molecule has 0 radical (unpaired) electrons. The average molecular weight is 324 g/mol. The van der Waals surface area contributed by atoms with Gasteiger partial charge >= 0.3 is 0 Å². The van der Waals surface area contributed by atoms with Gasteiger partial charge in [-0.2, -0.15) is 0 Å². The second-order valence-corrected chi connectivity index (χ2v) is 7.41. The molecule has 7 heteroatoms. The van der Waals surface area contributed by atoms with Gasteiger partial charge in [0.25, 0.3) is 5.91 Å². The Kier molecular flexibility index (Phi) is 5.18. The number of nitrogens with one attached hydrogen (secondary N) is 1. The number of carbonyl (C=O) groups excluding carboxylic acids is 2. The lowest BCUT2D eigenvalue weighted by molar-refractivity contribution is -0.127. The molecule has 0 saturated carbocycles. The first-order valence-corrected chi connectivity index (χ1v) is 9.13. The minimum absolute atomic E-state index is 0.128. The van der Waals surface area contributed by atoms with Crippen LogP contribution in [0.3, 0.4) is 0 Å². The number of amides is 2. The van der Waals surface area contributed by atoms with Crippen LogP contribution in [0.4, 0.5) is 0 Å². The third-order valence-corrected chi connectivity index (χ3v) is 4.70. The van der Waals surface area contributed by atoms with E-state index in [-0.39, 0.29) is 16.7 Å². The molecule has 0 bridgehead atoms. The van der Waals surface area contributed by atoms with Crippen molar-refractivity contribution in [3.63, 3.8) is 0 Å². The average Bonchev–Trinajstić information content (AvgIpc) is 2.88. The van der Waals surface area contributed by atoms with Crippen molar-refractivity contribution < 1.29 is 18.0 Å². The van der Waals surface area contributed by atoms with Crippen molar-refractivity contribution in [2.45, 2.75) is 24.2 Å².